The van der Waals surface area contributed by atoms with E-state index in [0.717, 1.165) is 48.5 Å². The molecule has 1 fully saturated rings. The van der Waals surface area contributed by atoms with Crippen molar-refractivity contribution in [3.05, 3.63) is 41.8 Å². The summed E-state index contributed by atoms with van der Waals surface area (Å²) >= 11 is 5.87. The summed E-state index contributed by atoms with van der Waals surface area (Å²) in [7, 11) is 0. The number of nitrogens with one attached hydrogen (secondary N) is 1. The molecular weight excluding hydrogens is 336 g/mol. The second-order valence-corrected chi connectivity index (χ2v) is 7.10. The minimum Gasteiger partial charge on any atom is -0.356 e. The maximum atomic E-state index is 5.87. The molecule has 2 atom stereocenters. The molecule has 1 aliphatic heterocycles. The van der Waals surface area contributed by atoms with Crippen LogP contribution in [0.2, 0.25) is 5.28 Å². The van der Waals surface area contributed by atoms with Gasteiger partial charge >= 0.3 is 0 Å². The normalized spacial score (nSPS) is 18.8. The average Bonchev–Trinajstić information content (AvgIpc) is 3.28. The van der Waals surface area contributed by atoms with Gasteiger partial charge in [-0.1, -0.05) is 6.92 Å². The molecule has 6 nitrogen and oxygen atoms in total. The number of aromatic nitrogens is 5. The highest BCUT2D eigenvalue weighted by Gasteiger charge is 2.28. The molecule has 4 heterocycles. The summed E-state index contributed by atoms with van der Waals surface area (Å²) in [6.07, 6.45) is 8.53. The Morgan fingerprint density at radius 3 is 3.12 bits per heavy atom. The third-order valence-corrected chi connectivity index (χ3v) is 5.38. The Kier molecular flexibility index (Phi) is 4.53. The molecule has 4 rings (SSSR count). The number of aryl methyl sites for hydroxylation is 1. The Balaban J connectivity index is 1.39. The number of rotatable bonds is 5. The van der Waals surface area contributed by atoms with Gasteiger partial charge in [-0.2, -0.15) is 0 Å². The van der Waals surface area contributed by atoms with Gasteiger partial charge in [-0.25, -0.2) is 19.9 Å². The van der Waals surface area contributed by atoms with Crippen molar-refractivity contribution in [2.75, 3.05) is 18.0 Å². The van der Waals surface area contributed by atoms with Crippen LogP contribution in [0.1, 0.15) is 25.5 Å². The van der Waals surface area contributed by atoms with Gasteiger partial charge in [0.05, 0.1) is 5.39 Å². The molecule has 0 bridgehead atoms. The van der Waals surface area contributed by atoms with Gasteiger partial charge in [0.2, 0.25) is 5.28 Å². The fraction of sp³-hybridized carbons (Fsp3) is 0.444. The van der Waals surface area contributed by atoms with Gasteiger partial charge in [0.25, 0.3) is 0 Å². The van der Waals surface area contributed by atoms with Gasteiger partial charge in [0.15, 0.2) is 0 Å². The van der Waals surface area contributed by atoms with Crippen LogP contribution in [0.4, 0.5) is 5.82 Å². The molecule has 25 heavy (non-hydrogen) atoms. The van der Waals surface area contributed by atoms with Crippen molar-refractivity contribution in [3.63, 3.8) is 0 Å². The van der Waals surface area contributed by atoms with Gasteiger partial charge in [0, 0.05) is 31.2 Å². The maximum absolute atomic E-state index is 5.87. The Bertz CT molecular complexity index is 863. The van der Waals surface area contributed by atoms with Gasteiger partial charge in [-0.05, 0) is 54.8 Å². The molecule has 0 aliphatic carbocycles. The SMILES string of the molecule is CC(CCc1ccnc(Cl)n1)C1CCN(c2ncnc3[nH]ccc23)C1. The van der Waals surface area contributed by atoms with E-state index in [2.05, 4.69) is 42.8 Å². The molecule has 0 saturated carbocycles. The first kappa shape index (κ1) is 16.3. The number of H-pyrrole nitrogens is 1. The predicted molar refractivity (Wildman–Crippen MR) is 98.7 cm³/mol. The van der Waals surface area contributed by atoms with Crippen LogP contribution in [-0.2, 0) is 6.42 Å². The standard InChI is InChI=1S/C18H21ClN6/c1-12(2-3-14-4-7-21-18(19)24-14)13-6-9-25(10-13)17-15-5-8-20-16(15)22-11-23-17/h4-5,7-8,11-13H,2-3,6,9-10H2,1H3,(H,20,22,23). The minimum absolute atomic E-state index is 0.330. The smallest absolute Gasteiger partial charge is 0.222 e. The van der Waals surface area contributed by atoms with Gasteiger partial charge < -0.3 is 9.88 Å². The lowest BCUT2D eigenvalue weighted by Crippen LogP contribution is -2.23. The Morgan fingerprint density at radius 2 is 2.24 bits per heavy atom. The highest BCUT2D eigenvalue weighted by atomic mass is 35.5. The molecule has 130 valence electrons. The van der Waals surface area contributed by atoms with Crippen LogP contribution in [0.5, 0.6) is 0 Å². The van der Waals surface area contributed by atoms with Crippen molar-refractivity contribution in [2.45, 2.75) is 26.2 Å². The molecule has 1 aliphatic rings. The predicted octanol–water partition coefficient (Wildman–Crippen LogP) is 3.50. The summed E-state index contributed by atoms with van der Waals surface area (Å²) in [6, 6.07) is 4.00. The monoisotopic (exact) mass is 356 g/mol. The molecule has 3 aromatic heterocycles. The largest absolute Gasteiger partial charge is 0.356 e. The van der Waals surface area contributed by atoms with Crippen LogP contribution < -0.4 is 4.90 Å². The van der Waals surface area contributed by atoms with Crippen LogP contribution in [0.3, 0.4) is 0 Å². The number of hydrogen-bond acceptors (Lipinski definition) is 5. The van der Waals surface area contributed by atoms with E-state index in [-0.39, 0.29) is 0 Å². The maximum Gasteiger partial charge on any atom is 0.222 e. The molecule has 1 N–H and O–H groups in total. The number of nitrogens with zero attached hydrogens (tertiary/aromatic N) is 5. The fourth-order valence-electron chi connectivity index (χ4n) is 3.67. The highest BCUT2D eigenvalue weighted by molar-refractivity contribution is 6.28. The van der Waals surface area contributed by atoms with E-state index in [1.54, 1.807) is 12.5 Å². The second-order valence-electron chi connectivity index (χ2n) is 6.76. The zero-order chi connectivity index (χ0) is 17.2. The summed E-state index contributed by atoms with van der Waals surface area (Å²) in [5.41, 5.74) is 1.92. The van der Waals surface area contributed by atoms with Gasteiger partial charge in [0.1, 0.15) is 17.8 Å². The van der Waals surface area contributed by atoms with Crippen molar-refractivity contribution in [1.29, 1.82) is 0 Å². The lowest BCUT2D eigenvalue weighted by Gasteiger charge is -2.21. The number of anilines is 1. The van der Waals surface area contributed by atoms with Gasteiger partial charge in [-0.3, -0.25) is 0 Å². The van der Waals surface area contributed by atoms with E-state index in [4.69, 9.17) is 11.6 Å². The number of halogens is 1. The van der Waals surface area contributed by atoms with Crippen LogP contribution >= 0.6 is 11.6 Å². The molecule has 7 heteroatoms. The molecule has 0 aromatic carbocycles. The Morgan fingerprint density at radius 1 is 1.32 bits per heavy atom. The first-order valence-corrected chi connectivity index (χ1v) is 9.09. The third kappa shape index (κ3) is 3.44. The molecule has 3 aromatic rings. The topological polar surface area (TPSA) is 70.6 Å². The average molecular weight is 357 g/mol. The van der Waals surface area contributed by atoms with E-state index < -0.39 is 0 Å². The number of hydrogen-bond donors (Lipinski definition) is 1. The molecule has 0 radical (unpaired) electrons. The first-order chi connectivity index (χ1) is 12.2. The number of aromatic amines is 1. The van der Waals surface area contributed by atoms with Crippen LogP contribution in [-0.4, -0.2) is 38.0 Å². The Hall–Kier alpha value is -2.21. The van der Waals surface area contributed by atoms with Gasteiger partial charge in [-0.15, -0.1) is 0 Å². The van der Waals surface area contributed by atoms with E-state index in [0.29, 0.717) is 17.1 Å². The summed E-state index contributed by atoms with van der Waals surface area (Å²) in [5.74, 6) is 2.34. The Labute approximate surface area is 151 Å². The zero-order valence-electron chi connectivity index (χ0n) is 14.2. The number of fused-ring (bicyclic) bond motifs is 1. The highest BCUT2D eigenvalue weighted by Crippen LogP contribution is 2.32. The van der Waals surface area contributed by atoms with E-state index in [1.165, 1.54) is 6.42 Å². The lowest BCUT2D eigenvalue weighted by atomic mass is 9.89. The van der Waals surface area contributed by atoms with Crippen LogP contribution in [0, 0.1) is 11.8 Å². The van der Waals surface area contributed by atoms with Crippen molar-refractivity contribution < 1.29 is 0 Å². The fourth-order valence-corrected chi connectivity index (χ4v) is 3.84. The van der Waals surface area contributed by atoms with E-state index in [1.807, 2.05) is 12.3 Å². The molecule has 2 unspecified atom stereocenters. The van der Waals surface area contributed by atoms with Crippen LogP contribution in [0.25, 0.3) is 11.0 Å². The minimum atomic E-state index is 0.330. The summed E-state index contributed by atoms with van der Waals surface area (Å²) in [4.78, 5) is 22.6. The zero-order valence-corrected chi connectivity index (χ0v) is 14.9. The first-order valence-electron chi connectivity index (χ1n) is 8.71. The summed E-state index contributed by atoms with van der Waals surface area (Å²) in [6.45, 7) is 4.43. The molecular formula is C18H21ClN6. The summed E-state index contributed by atoms with van der Waals surface area (Å²) < 4.78 is 0. The van der Waals surface area contributed by atoms with Crippen molar-refractivity contribution in [3.8, 4) is 0 Å². The van der Waals surface area contributed by atoms with E-state index >= 15 is 0 Å². The van der Waals surface area contributed by atoms with E-state index in [9.17, 15) is 0 Å². The quantitative estimate of drug-likeness (QED) is 0.708. The molecule has 1 saturated heterocycles. The van der Waals surface area contributed by atoms with Crippen molar-refractivity contribution in [1.82, 2.24) is 24.9 Å². The van der Waals surface area contributed by atoms with Crippen molar-refractivity contribution >= 4 is 28.5 Å². The molecule has 0 amide bonds. The second kappa shape index (κ2) is 6.96. The third-order valence-electron chi connectivity index (χ3n) is 5.20. The van der Waals surface area contributed by atoms with Crippen LogP contribution in [0.15, 0.2) is 30.9 Å². The molecule has 0 spiro atoms. The summed E-state index contributed by atoms with van der Waals surface area (Å²) in [5, 5.41) is 1.43. The van der Waals surface area contributed by atoms with Crippen molar-refractivity contribution in [2.24, 2.45) is 11.8 Å². The lowest BCUT2D eigenvalue weighted by molar-refractivity contribution is 0.365.